The molecule has 0 spiro atoms. The summed E-state index contributed by atoms with van der Waals surface area (Å²) >= 11 is 2.35. The minimum atomic E-state index is -1.10. The van der Waals surface area contributed by atoms with E-state index in [-0.39, 0.29) is 0 Å². The monoisotopic (exact) mass is 331 g/mol. The normalized spacial score (nSPS) is 14.7. The van der Waals surface area contributed by atoms with Gasteiger partial charge in [0.2, 0.25) is 0 Å². The molecule has 0 aliphatic carbocycles. The molecule has 0 aromatic rings. The maximum absolute atomic E-state index is 2.74. The van der Waals surface area contributed by atoms with Crippen molar-refractivity contribution in [3.8, 4) is 0 Å². The summed E-state index contributed by atoms with van der Waals surface area (Å²) in [6, 6.07) is 0. The molecule has 0 heterocycles. The van der Waals surface area contributed by atoms with Crippen molar-refractivity contribution in [2.45, 2.75) is 39.3 Å². The summed E-state index contributed by atoms with van der Waals surface area (Å²) in [5, 5.41) is 0. The second kappa shape index (κ2) is 4.69. The molecule has 0 bridgehead atoms. The second-order valence-corrected chi connectivity index (χ2v) is 18.1. The van der Waals surface area contributed by atoms with Crippen LogP contribution in [0.3, 0.4) is 0 Å². The maximum Gasteiger partial charge on any atom is 0.120 e. The lowest BCUT2D eigenvalue weighted by Crippen LogP contribution is -2.53. The Bertz CT molecular complexity index is 157. The molecule has 0 N–H and O–H groups in total. The van der Waals surface area contributed by atoms with Crippen molar-refractivity contribution in [2.24, 2.45) is 0 Å². The van der Waals surface area contributed by atoms with Crippen LogP contribution in [0.25, 0.3) is 0 Å². The van der Waals surface area contributed by atoms with E-state index in [1.165, 1.54) is 8.35 Å². The third kappa shape index (κ3) is 4.51. The van der Waals surface area contributed by atoms with Gasteiger partial charge in [-0.2, -0.15) is 0 Å². The topological polar surface area (TPSA) is 3.24 Å². The summed E-state index contributed by atoms with van der Waals surface area (Å²) in [4.78, 5) is 0. The predicted octanol–water partition coefficient (Wildman–Crippen LogP) is 4.01. The van der Waals surface area contributed by atoms with Gasteiger partial charge in [-0.25, -0.2) is 0 Å². The van der Waals surface area contributed by atoms with E-state index in [0.29, 0.717) is 0 Å². The van der Waals surface area contributed by atoms with Crippen LogP contribution >= 0.6 is 30.9 Å². The molecule has 0 amide bonds. The lowest BCUT2D eigenvalue weighted by molar-refractivity contribution is 0.999. The first-order chi connectivity index (χ1) is 5.19. The first-order valence-corrected chi connectivity index (χ1v) is 13.2. The van der Waals surface area contributed by atoms with E-state index >= 15 is 0 Å². The molecule has 0 aliphatic rings. The summed E-state index contributed by atoms with van der Waals surface area (Å²) in [7, 11) is -0.775. The van der Waals surface area contributed by atoms with Crippen LogP contribution in [0.4, 0.5) is 0 Å². The number of nitrogens with zero attached hydrogens (tertiary/aromatic N) is 1. The number of hydrogen-bond donors (Lipinski definition) is 0. The highest BCUT2D eigenvalue weighted by atomic mass is 127. The number of rotatable bonds is 3. The van der Waals surface area contributed by atoms with Crippen molar-refractivity contribution in [3.05, 3.63) is 0 Å². The molecule has 5 heteroatoms. The van der Waals surface area contributed by atoms with E-state index in [1.807, 2.05) is 0 Å². The van der Waals surface area contributed by atoms with Crippen molar-refractivity contribution in [1.29, 1.82) is 0 Å². The maximum atomic E-state index is 2.74. The Labute approximate surface area is 94.1 Å². The quantitative estimate of drug-likeness (QED) is 0.429. The van der Waals surface area contributed by atoms with Gasteiger partial charge in [0, 0.05) is 3.80 Å². The zero-order valence-corrected chi connectivity index (χ0v) is 13.9. The van der Waals surface area contributed by atoms with Crippen LogP contribution in [0.1, 0.15) is 0 Å². The second-order valence-electron chi connectivity index (χ2n) is 4.87. The molecule has 0 aromatic carbocycles. The van der Waals surface area contributed by atoms with Gasteiger partial charge >= 0.3 is 0 Å². The van der Waals surface area contributed by atoms with Gasteiger partial charge in [0.05, 0.1) is 0 Å². The largest absolute Gasteiger partial charge is 0.299 e. The number of hydrogen-bond acceptors (Lipinski definition) is 1. The van der Waals surface area contributed by atoms with Gasteiger partial charge in [-0.05, 0) is 30.9 Å². The van der Waals surface area contributed by atoms with Crippen LogP contribution in [-0.4, -0.2) is 24.3 Å². The fourth-order valence-corrected chi connectivity index (χ4v) is 14.8. The lowest BCUT2D eigenvalue weighted by Gasteiger charge is -2.39. The van der Waals surface area contributed by atoms with E-state index in [0.717, 1.165) is 0 Å². The Kier molecular flexibility index (Phi) is 5.19. The van der Waals surface area contributed by atoms with Crippen LogP contribution in [0.5, 0.6) is 0 Å². The molecule has 0 rings (SSSR count). The van der Waals surface area contributed by atoms with E-state index < -0.39 is 16.5 Å². The highest BCUT2D eigenvalue weighted by Gasteiger charge is 2.32. The molecule has 72 valence electrons. The predicted molar refractivity (Wildman–Crippen MR) is 75.5 cm³/mol. The van der Waals surface area contributed by atoms with Gasteiger partial charge in [0.15, 0.2) is 0 Å². The van der Waals surface area contributed by atoms with E-state index in [1.54, 1.807) is 0 Å². The van der Waals surface area contributed by atoms with Crippen LogP contribution in [0.2, 0.25) is 39.3 Å². The van der Waals surface area contributed by atoms with Gasteiger partial charge in [0.25, 0.3) is 0 Å². The van der Waals surface area contributed by atoms with Crippen LogP contribution in [-0.2, 0) is 0 Å². The molecule has 0 unspecified atom stereocenters. The van der Waals surface area contributed by atoms with Gasteiger partial charge in [-0.15, -0.1) is 0 Å². The summed E-state index contributed by atoms with van der Waals surface area (Å²) in [6.07, 6.45) is 0. The Morgan fingerprint density at radius 2 is 1.33 bits per heavy atom. The molecule has 1 nitrogen and oxygen atoms in total. The minimum Gasteiger partial charge on any atom is -0.299 e. The van der Waals surface area contributed by atoms with Crippen LogP contribution < -0.4 is 0 Å². The smallest absolute Gasteiger partial charge is 0.120 e. The lowest BCUT2D eigenvalue weighted by atomic mass is 11.8. The molecule has 12 heavy (non-hydrogen) atoms. The summed E-state index contributed by atoms with van der Waals surface area (Å²) in [5.41, 5.74) is 0. The number of halogens is 1. The fourth-order valence-electron chi connectivity index (χ4n) is 1.40. The Balaban J connectivity index is 4.69. The Hall–Kier alpha value is 1.29. The molecule has 0 fully saturated rings. The van der Waals surface area contributed by atoms with E-state index in [2.05, 4.69) is 69.7 Å². The standard InChI is InChI=1S/C7H19INPSi2/c1-11(2,3)9(10-7-8)12(4,5)6/h7H,1-6H3. The van der Waals surface area contributed by atoms with Gasteiger partial charge in [-0.1, -0.05) is 39.3 Å². The average Bonchev–Trinajstić information content (AvgIpc) is 1.77. The SMILES string of the molecule is C[Si](C)(C)N(P=CI)[Si](C)(C)C. The van der Waals surface area contributed by atoms with E-state index in [4.69, 9.17) is 0 Å². The summed E-state index contributed by atoms with van der Waals surface area (Å²) in [5.74, 6) is 0. The molecule has 0 saturated heterocycles. The van der Waals surface area contributed by atoms with Crippen molar-refractivity contribution in [2.75, 3.05) is 0 Å². The zero-order valence-electron chi connectivity index (χ0n) is 8.85. The van der Waals surface area contributed by atoms with E-state index in [9.17, 15) is 0 Å². The third-order valence-electron chi connectivity index (χ3n) is 1.43. The van der Waals surface area contributed by atoms with Gasteiger partial charge in [0.1, 0.15) is 16.5 Å². The van der Waals surface area contributed by atoms with Crippen LogP contribution in [0.15, 0.2) is 0 Å². The van der Waals surface area contributed by atoms with Crippen molar-refractivity contribution in [1.82, 2.24) is 4.00 Å². The molecule has 0 aromatic heterocycles. The third-order valence-corrected chi connectivity index (χ3v) is 13.4. The molecule has 0 saturated carbocycles. The van der Waals surface area contributed by atoms with Gasteiger partial charge in [-0.3, -0.25) is 4.00 Å². The molecular weight excluding hydrogens is 312 g/mol. The fraction of sp³-hybridized carbons (Fsp3) is 0.857. The summed E-state index contributed by atoms with van der Waals surface area (Å²) < 4.78 is 4.97. The minimum absolute atomic E-state index is 1.10. The zero-order chi connectivity index (χ0) is 9.99. The van der Waals surface area contributed by atoms with Crippen molar-refractivity contribution in [3.63, 3.8) is 0 Å². The van der Waals surface area contributed by atoms with Crippen molar-refractivity contribution >= 4 is 51.2 Å². The average molecular weight is 331 g/mol. The van der Waals surface area contributed by atoms with Gasteiger partial charge < -0.3 is 0 Å². The Morgan fingerprint density at radius 1 is 1.00 bits per heavy atom. The molecule has 0 atom stereocenters. The first-order valence-electron chi connectivity index (χ1n) is 4.12. The first kappa shape index (κ1) is 13.3. The molecule has 0 radical (unpaired) electrons. The van der Waals surface area contributed by atoms with Crippen molar-refractivity contribution < 1.29 is 0 Å². The molecule has 0 aliphatic heterocycles. The Morgan fingerprint density at radius 3 is 1.42 bits per heavy atom. The van der Waals surface area contributed by atoms with Crippen LogP contribution in [0, 0.1) is 0 Å². The molecular formula is C7H19INPSi2. The summed E-state index contributed by atoms with van der Waals surface area (Å²) in [6.45, 7) is 14.6. The highest BCUT2D eigenvalue weighted by Crippen LogP contribution is 2.27. The highest BCUT2D eigenvalue weighted by molar-refractivity contribution is 14.1.